The molecule has 0 aliphatic heterocycles. The zero-order valence-electron chi connectivity index (χ0n) is 15.9. The van der Waals surface area contributed by atoms with Crippen LogP contribution in [0.2, 0.25) is 0 Å². The van der Waals surface area contributed by atoms with E-state index >= 15 is 0 Å². The average molecular weight is 471 g/mol. The number of nitrogens with zero attached hydrogens (tertiary/aromatic N) is 3. The molecule has 7 heteroatoms. The summed E-state index contributed by atoms with van der Waals surface area (Å²) < 4.78 is 7.62. The molecule has 2 N–H and O–H groups in total. The van der Waals surface area contributed by atoms with Crippen LogP contribution in [0, 0.1) is 0 Å². The van der Waals surface area contributed by atoms with E-state index in [1.54, 1.807) is 6.20 Å². The Morgan fingerprint density at radius 1 is 1.23 bits per heavy atom. The monoisotopic (exact) mass is 471 g/mol. The number of aryl methyl sites for hydroxylation is 1. The van der Waals surface area contributed by atoms with Gasteiger partial charge in [-0.25, -0.2) is 4.99 Å². The topological polar surface area (TPSA) is 63.5 Å². The van der Waals surface area contributed by atoms with Gasteiger partial charge in [-0.2, -0.15) is 5.10 Å². The first-order chi connectivity index (χ1) is 12.2. The largest absolute Gasteiger partial charge is 0.494 e. The normalized spacial score (nSPS) is 11.0. The number of halogens is 1. The molecule has 0 amide bonds. The fourth-order valence-corrected chi connectivity index (χ4v) is 2.33. The molecule has 2 rings (SSSR count). The fraction of sp³-hybridized carbons (Fsp3) is 0.474. The first kappa shape index (κ1) is 22.3. The van der Waals surface area contributed by atoms with Crippen molar-refractivity contribution in [2.75, 3.05) is 13.2 Å². The van der Waals surface area contributed by atoms with Crippen molar-refractivity contribution >= 4 is 29.9 Å². The highest BCUT2D eigenvalue weighted by molar-refractivity contribution is 14.0. The number of hydrogen-bond acceptors (Lipinski definition) is 3. The zero-order chi connectivity index (χ0) is 17.9. The van der Waals surface area contributed by atoms with Gasteiger partial charge in [0.15, 0.2) is 5.96 Å². The van der Waals surface area contributed by atoms with Gasteiger partial charge >= 0.3 is 0 Å². The molecule has 0 unspecified atom stereocenters. The summed E-state index contributed by atoms with van der Waals surface area (Å²) in [6.07, 6.45) is 4.01. The van der Waals surface area contributed by atoms with Crippen LogP contribution in [0.1, 0.15) is 37.9 Å². The standard InChI is InChI=1S/C19H29N5O.HI/c1-4-6-12-25-18-9-7-8-16(13-18)14-21-19(20-5-2)22-15-17-10-11-23-24(17)3;/h7-11,13H,4-6,12,14-15H2,1-3H3,(H2,20,21,22);1H. The molecule has 0 aliphatic rings. The van der Waals surface area contributed by atoms with Gasteiger partial charge in [0, 0.05) is 19.8 Å². The van der Waals surface area contributed by atoms with Crippen molar-refractivity contribution in [3.05, 3.63) is 47.8 Å². The molecule has 0 aliphatic carbocycles. The van der Waals surface area contributed by atoms with Crippen molar-refractivity contribution < 1.29 is 4.74 Å². The maximum absolute atomic E-state index is 5.76. The van der Waals surface area contributed by atoms with Crippen LogP contribution >= 0.6 is 24.0 Å². The van der Waals surface area contributed by atoms with E-state index in [9.17, 15) is 0 Å². The number of ether oxygens (including phenoxy) is 1. The van der Waals surface area contributed by atoms with Gasteiger partial charge in [0.1, 0.15) is 5.75 Å². The summed E-state index contributed by atoms with van der Waals surface area (Å²) in [5.74, 6) is 1.70. The Kier molecular flexibility index (Phi) is 10.8. The van der Waals surface area contributed by atoms with Gasteiger partial charge < -0.3 is 15.4 Å². The lowest BCUT2D eigenvalue weighted by Crippen LogP contribution is -2.37. The molecule has 144 valence electrons. The van der Waals surface area contributed by atoms with E-state index in [1.807, 2.05) is 29.9 Å². The number of aromatic nitrogens is 2. The van der Waals surface area contributed by atoms with Crippen molar-refractivity contribution in [1.82, 2.24) is 20.4 Å². The molecule has 1 aromatic heterocycles. The Labute approximate surface area is 173 Å². The number of aliphatic imine (C=N–C) groups is 1. The minimum atomic E-state index is 0. The SMILES string of the molecule is CCCCOc1cccc(CN=C(NCC)NCc2ccnn2C)c1.I. The van der Waals surface area contributed by atoms with E-state index in [0.717, 1.165) is 49.0 Å². The maximum Gasteiger partial charge on any atom is 0.191 e. The van der Waals surface area contributed by atoms with E-state index in [1.165, 1.54) is 0 Å². The number of hydrogen-bond donors (Lipinski definition) is 2. The summed E-state index contributed by atoms with van der Waals surface area (Å²) in [4.78, 5) is 4.66. The molecule has 0 spiro atoms. The van der Waals surface area contributed by atoms with Gasteiger partial charge in [0.05, 0.1) is 25.4 Å². The predicted molar refractivity (Wildman–Crippen MR) is 117 cm³/mol. The molecule has 0 atom stereocenters. The minimum absolute atomic E-state index is 0. The quantitative estimate of drug-likeness (QED) is 0.255. The van der Waals surface area contributed by atoms with Crippen molar-refractivity contribution in [1.29, 1.82) is 0 Å². The summed E-state index contributed by atoms with van der Waals surface area (Å²) >= 11 is 0. The lowest BCUT2D eigenvalue weighted by Gasteiger charge is -2.12. The summed E-state index contributed by atoms with van der Waals surface area (Å²) in [5.41, 5.74) is 2.24. The van der Waals surface area contributed by atoms with Gasteiger partial charge in [0.25, 0.3) is 0 Å². The average Bonchev–Trinajstić information content (AvgIpc) is 3.03. The Hall–Kier alpha value is -1.77. The third-order valence-corrected chi connectivity index (χ3v) is 3.79. The molecule has 0 bridgehead atoms. The van der Waals surface area contributed by atoms with Crippen LogP contribution in [0.3, 0.4) is 0 Å². The summed E-state index contributed by atoms with van der Waals surface area (Å²) in [6.45, 7) is 7.09. The van der Waals surface area contributed by atoms with Gasteiger partial charge in [0.2, 0.25) is 0 Å². The molecule has 2 aromatic rings. The molecule has 1 aromatic carbocycles. The molecule has 0 fully saturated rings. The molecular weight excluding hydrogens is 441 g/mol. The van der Waals surface area contributed by atoms with Crippen LogP contribution < -0.4 is 15.4 Å². The third-order valence-electron chi connectivity index (χ3n) is 3.79. The van der Waals surface area contributed by atoms with E-state index in [-0.39, 0.29) is 24.0 Å². The lowest BCUT2D eigenvalue weighted by molar-refractivity contribution is 0.309. The van der Waals surface area contributed by atoms with Crippen molar-refractivity contribution in [3.8, 4) is 5.75 Å². The fourth-order valence-electron chi connectivity index (χ4n) is 2.33. The van der Waals surface area contributed by atoms with Gasteiger partial charge in [-0.1, -0.05) is 25.5 Å². The lowest BCUT2D eigenvalue weighted by atomic mass is 10.2. The minimum Gasteiger partial charge on any atom is -0.494 e. The van der Waals surface area contributed by atoms with Crippen molar-refractivity contribution in [3.63, 3.8) is 0 Å². The molecule has 1 heterocycles. The first-order valence-electron chi connectivity index (χ1n) is 8.93. The van der Waals surface area contributed by atoms with Crippen molar-refractivity contribution in [2.24, 2.45) is 12.0 Å². The van der Waals surface area contributed by atoms with Crippen LogP contribution in [0.25, 0.3) is 0 Å². The third kappa shape index (κ3) is 7.63. The van der Waals surface area contributed by atoms with Crippen LogP contribution in [-0.4, -0.2) is 28.9 Å². The Morgan fingerprint density at radius 2 is 2.08 bits per heavy atom. The molecule has 26 heavy (non-hydrogen) atoms. The Bertz CT molecular complexity index is 671. The van der Waals surface area contributed by atoms with E-state index in [0.29, 0.717) is 13.1 Å². The molecule has 0 saturated heterocycles. The second-order valence-corrected chi connectivity index (χ2v) is 5.84. The highest BCUT2D eigenvalue weighted by Gasteiger charge is 2.02. The van der Waals surface area contributed by atoms with Crippen LogP contribution in [0.15, 0.2) is 41.5 Å². The van der Waals surface area contributed by atoms with E-state index in [2.05, 4.69) is 46.7 Å². The van der Waals surface area contributed by atoms with Crippen molar-refractivity contribution in [2.45, 2.75) is 39.8 Å². The second-order valence-electron chi connectivity index (χ2n) is 5.84. The maximum atomic E-state index is 5.76. The highest BCUT2D eigenvalue weighted by Crippen LogP contribution is 2.14. The first-order valence-corrected chi connectivity index (χ1v) is 8.93. The number of guanidine groups is 1. The second kappa shape index (κ2) is 12.6. The van der Waals surface area contributed by atoms with Crippen LogP contribution in [-0.2, 0) is 20.1 Å². The molecule has 0 radical (unpaired) electrons. The predicted octanol–water partition coefficient (Wildman–Crippen LogP) is 3.47. The summed E-state index contributed by atoms with van der Waals surface area (Å²) in [7, 11) is 1.94. The molecular formula is C19H30IN5O. The smallest absolute Gasteiger partial charge is 0.191 e. The zero-order valence-corrected chi connectivity index (χ0v) is 18.2. The number of nitrogens with one attached hydrogen (secondary N) is 2. The van der Waals surface area contributed by atoms with Gasteiger partial charge in [-0.3, -0.25) is 4.68 Å². The summed E-state index contributed by atoms with van der Waals surface area (Å²) in [5, 5.41) is 10.8. The number of benzene rings is 1. The Morgan fingerprint density at radius 3 is 2.77 bits per heavy atom. The molecule has 6 nitrogen and oxygen atoms in total. The van der Waals surface area contributed by atoms with E-state index < -0.39 is 0 Å². The van der Waals surface area contributed by atoms with Gasteiger partial charge in [-0.15, -0.1) is 24.0 Å². The van der Waals surface area contributed by atoms with E-state index in [4.69, 9.17) is 4.74 Å². The number of unbranched alkanes of at least 4 members (excludes halogenated alkanes) is 1. The Balaban J connectivity index is 0.00000338. The molecule has 0 saturated carbocycles. The van der Waals surface area contributed by atoms with Gasteiger partial charge in [-0.05, 0) is 37.1 Å². The number of rotatable bonds is 9. The highest BCUT2D eigenvalue weighted by atomic mass is 127. The van der Waals surface area contributed by atoms with Crippen LogP contribution in [0.4, 0.5) is 0 Å². The summed E-state index contributed by atoms with van der Waals surface area (Å²) in [6, 6.07) is 10.1. The van der Waals surface area contributed by atoms with Crippen LogP contribution in [0.5, 0.6) is 5.75 Å².